The Labute approximate surface area is 146 Å². The van der Waals surface area contributed by atoms with E-state index in [2.05, 4.69) is 5.32 Å². The SMILES string of the molecule is Cc1cccc(C)c1NC(=O)c1ccc2c(c1)C(=O)c1ccccc1-2. The molecule has 0 atom stereocenters. The van der Waals surface area contributed by atoms with Crippen LogP contribution in [0.4, 0.5) is 5.69 Å². The predicted octanol–water partition coefficient (Wildman–Crippen LogP) is 4.77. The van der Waals surface area contributed by atoms with Gasteiger partial charge in [0, 0.05) is 22.4 Å². The van der Waals surface area contributed by atoms with Gasteiger partial charge in [-0.3, -0.25) is 9.59 Å². The van der Waals surface area contributed by atoms with Crippen LogP contribution in [0.3, 0.4) is 0 Å². The Morgan fingerprint density at radius 3 is 2.12 bits per heavy atom. The molecule has 1 aliphatic rings. The molecule has 0 radical (unpaired) electrons. The first kappa shape index (κ1) is 15.3. The lowest BCUT2D eigenvalue weighted by molar-refractivity contribution is 0.102. The van der Waals surface area contributed by atoms with Crippen molar-refractivity contribution in [2.45, 2.75) is 13.8 Å². The summed E-state index contributed by atoms with van der Waals surface area (Å²) in [6.07, 6.45) is 0. The number of rotatable bonds is 2. The highest BCUT2D eigenvalue weighted by Gasteiger charge is 2.27. The van der Waals surface area contributed by atoms with Gasteiger partial charge in [-0.15, -0.1) is 0 Å². The van der Waals surface area contributed by atoms with Gasteiger partial charge in [-0.05, 0) is 48.2 Å². The average Bonchev–Trinajstić information content (AvgIpc) is 2.91. The molecule has 0 aliphatic heterocycles. The molecule has 25 heavy (non-hydrogen) atoms. The summed E-state index contributed by atoms with van der Waals surface area (Å²) in [5, 5.41) is 2.97. The third-order valence-corrected chi connectivity index (χ3v) is 4.71. The number of anilines is 1. The Morgan fingerprint density at radius 2 is 1.40 bits per heavy atom. The molecule has 0 saturated heterocycles. The number of benzene rings is 3. The second kappa shape index (κ2) is 5.71. The van der Waals surface area contributed by atoms with E-state index >= 15 is 0 Å². The van der Waals surface area contributed by atoms with Crippen molar-refractivity contribution in [2.24, 2.45) is 0 Å². The molecule has 0 fully saturated rings. The molecule has 1 amide bonds. The number of hydrogen-bond acceptors (Lipinski definition) is 2. The maximum atomic E-state index is 12.7. The Kier molecular flexibility index (Phi) is 3.50. The molecule has 3 heteroatoms. The number of nitrogens with one attached hydrogen (secondary N) is 1. The van der Waals surface area contributed by atoms with Crippen LogP contribution in [-0.4, -0.2) is 11.7 Å². The molecule has 1 aliphatic carbocycles. The van der Waals surface area contributed by atoms with Crippen LogP contribution in [0.2, 0.25) is 0 Å². The fraction of sp³-hybridized carbons (Fsp3) is 0.0909. The lowest BCUT2D eigenvalue weighted by Crippen LogP contribution is -2.14. The molecule has 0 unspecified atom stereocenters. The monoisotopic (exact) mass is 327 g/mol. The topological polar surface area (TPSA) is 46.2 Å². The number of carbonyl (C=O) groups excluding carboxylic acids is 2. The van der Waals surface area contributed by atoms with Crippen molar-refractivity contribution in [3.05, 3.63) is 88.5 Å². The van der Waals surface area contributed by atoms with E-state index in [1.54, 1.807) is 12.1 Å². The molecular formula is C22H17NO2. The quantitative estimate of drug-likeness (QED) is 0.576. The molecule has 0 aromatic heterocycles. The minimum Gasteiger partial charge on any atom is -0.322 e. The number of fused-ring (bicyclic) bond motifs is 3. The van der Waals surface area contributed by atoms with Crippen molar-refractivity contribution >= 4 is 17.4 Å². The molecule has 0 heterocycles. The standard InChI is InChI=1S/C22H17NO2/c1-13-6-5-7-14(2)20(13)23-22(25)15-10-11-17-16-8-3-4-9-18(16)21(24)19(17)12-15/h3-12H,1-2H3,(H,23,25). The summed E-state index contributed by atoms with van der Waals surface area (Å²) in [5.74, 6) is -0.226. The van der Waals surface area contributed by atoms with Crippen LogP contribution >= 0.6 is 0 Å². The first-order valence-corrected chi connectivity index (χ1v) is 8.22. The number of hydrogen-bond donors (Lipinski definition) is 1. The first-order valence-electron chi connectivity index (χ1n) is 8.22. The molecule has 0 spiro atoms. The van der Waals surface area contributed by atoms with Crippen LogP contribution in [0.25, 0.3) is 11.1 Å². The smallest absolute Gasteiger partial charge is 0.255 e. The van der Waals surface area contributed by atoms with Crippen LogP contribution in [0, 0.1) is 13.8 Å². The van der Waals surface area contributed by atoms with Crippen molar-refractivity contribution in [2.75, 3.05) is 5.32 Å². The van der Waals surface area contributed by atoms with Gasteiger partial charge < -0.3 is 5.32 Å². The van der Waals surface area contributed by atoms with Crippen molar-refractivity contribution in [1.29, 1.82) is 0 Å². The Morgan fingerprint density at radius 1 is 0.760 bits per heavy atom. The van der Waals surface area contributed by atoms with E-state index in [0.717, 1.165) is 27.9 Å². The summed E-state index contributed by atoms with van der Waals surface area (Å²) in [5.41, 5.74) is 6.45. The number of para-hydroxylation sites is 1. The maximum absolute atomic E-state index is 12.7. The number of aryl methyl sites for hydroxylation is 2. The number of carbonyl (C=O) groups is 2. The number of amides is 1. The van der Waals surface area contributed by atoms with Crippen molar-refractivity contribution in [1.82, 2.24) is 0 Å². The Balaban J connectivity index is 1.70. The second-order valence-electron chi connectivity index (χ2n) is 6.36. The zero-order valence-electron chi connectivity index (χ0n) is 14.1. The average molecular weight is 327 g/mol. The molecule has 4 rings (SSSR count). The van der Waals surface area contributed by atoms with E-state index in [4.69, 9.17) is 0 Å². The van der Waals surface area contributed by atoms with Crippen molar-refractivity contribution in [3.8, 4) is 11.1 Å². The lowest BCUT2D eigenvalue weighted by atomic mass is 10.0. The van der Waals surface area contributed by atoms with Gasteiger partial charge in [0.1, 0.15) is 0 Å². The minimum absolute atomic E-state index is 0.0210. The Bertz CT molecular complexity index is 1010. The highest BCUT2D eigenvalue weighted by molar-refractivity contribution is 6.22. The first-order chi connectivity index (χ1) is 12.1. The molecule has 1 N–H and O–H groups in total. The van der Waals surface area contributed by atoms with Crippen molar-refractivity contribution < 1.29 is 9.59 Å². The molecule has 0 saturated carbocycles. The van der Waals surface area contributed by atoms with Crippen LogP contribution in [-0.2, 0) is 0 Å². The lowest BCUT2D eigenvalue weighted by Gasteiger charge is -2.12. The van der Waals surface area contributed by atoms with Gasteiger partial charge in [-0.2, -0.15) is 0 Å². The molecular weight excluding hydrogens is 310 g/mol. The van der Waals surface area contributed by atoms with Gasteiger partial charge in [-0.1, -0.05) is 48.5 Å². The van der Waals surface area contributed by atoms with Crippen LogP contribution in [0.15, 0.2) is 60.7 Å². The highest BCUT2D eigenvalue weighted by atomic mass is 16.1. The summed E-state index contributed by atoms with van der Waals surface area (Å²) >= 11 is 0. The van der Waals surface area contributed by atoms with E-state index in [0.29, 0.717) is 16.7 Å². The number of ketones is 1. The maximum Gasteiger partial charge on any atom is 0.255 e. The van der Waals surface area contributed by atoms with Gasteiger partial charge in [0.2, 0.25) is 0 Å². The van der Waals surface area contributed by atoms with Crippen LogP contribution in [0.5, 0.6) is 0 Å². The summed E-state index contributed by atoms with van der Waals surface area (Å²) in [7, 11) is 0. The summed E-state index contributed by atoms with van der Waals surface area (Å²) in [4.78, 5) is 25.3. The molecule has 3 aromatic rings. The molecule has 122 valence electrons. The fourth-order valence-electron chi connectivity index (χ4n) is 3.37. The van der Waals surface area contributed by atoms with E-state index in [1.165, 1.54) is 0 Å². The Hall–Kier alpha value is -3.20. The molecule has 3 aromatic carbocycles. The van der Waals surface area contributed by atoms with Crippen LogP contribution < -0.4 is 5.32 Å². The summed E-state index contributed by atoms with van der Waals surface area (Å²) in [6.45, 7) is 3.93. The van der Waals surface area contributed by atoms with Gasteiger partial charge >= 0.3 is 0 Å². The van der Waals surface area contributed by atoms with Crippen molar-refractivity contribution in [3.63, 3.8) is 0 Å². The fourth-order valence-corrected chi connectivity index (χ4v) is 3.37. The third-order valence-electron chi connectivity index (χ3n) is 4.71. The van der Waals surface area contributed by atoms with Crippen LogP contribution in [0.1, 0.15) is 37.4 Å². The van der Waals surface area contributed by atoms with Gasteiger partial charge in [0.15, 0.2) is 5.78 Å². The zero-order chi connectivity index (χ0) is 17.6. The highest BCUT2D eigenvalue weighted by Crippen LogP contribution is 2.36. The van der Waals surface area contributed by atoms with E-state index < -0.39 is 0 Å². The normalized spacial score (nSPS) is 11.8. The van der Waals surface area contributed by atoms with E-state index in [1.807, 2.05) is 62.4 Å². The minimum atomic E-state index is -0.205. The largest absolute Gasteiger partial charge is 0.322 e. The predicted molar refractivity (Wildman–Crippen MR) is 99.2 cm³/mol. The van der Waals surface area contributed by atoms with Gasteiger partial charge in [-0.25, -0.2) is 0 Å². The summed E-state index contributed by atoms with van der Waals surface area (Å²) in [6, 6.07) is 18.8. The van der Waals surface area contributed by atoms with E-state index in [9.17, 15) is 9.59 Å². The van der Waals surface area contributed by atoms with E-state index in [-0.39, 0.29) is 11.7 Å². The molecule has 3 nitrogen and oxygen atoms in total. The molecule has 0 bridgehead atoms. The van der Waals surface area contributed by atoms with Gasteiger partial charge in [0.25, 0.3) is 5.91 Å². The van der Waals surface area contributed by atoms with Gasteiger partial charge in [0.05, 0.1) is 0 Å². The zero-order valence-corrected chi connectivity index (χ0v) is 14.1. The summed E-state index contributed by atoms with van der Waals surface area (Å²) < 4.78 is 0. The second-order valence-corrected chi connectivity index (χ2v) is 6.36. The third kappa shape index (κ3) is 2.45.